The second kappa shape index (κ2) is 17.9. The van der Waals surface area contributed by atoms with E-state index in [0.29, 0.717) is 23.7 Å². The zero-order chi connectivity index (χ0) is 25.6. The van der Waals surface area contributed by atoms with E-state index >= 15 is 0 Å². The predicted octanol–water partition coefficient (Wildman–Crippen LogP) is 9.17. The van der Waals surface area contributed by atoms with Gasteiger partial charge >= 0.3 is 214 Å². The van der Waals surface area contributed by atoms with Crippen molar-refractivity contribution in [3.63, 3.8) is 0 Å². The van der Waals surface area contributed by atoms with Gasteiger partial charge in [0.15, 0.2) is 0 Å². The molecule has 0 aromatic heterocycles. The molecule has 0 aliphatic heterocycles. The van der Waals surface area contributed by atoms with Gasteiger partial charge in [-0.25, -0.2) is 0 Å². The molecular weight excluding hydrogens is 448 g/mol. The van der Waals surface area contributed by atoms with Crippen LogP contribution in [0, 0.1) is 23.7 Å². The summed E-state index contributed by atoms with van der Waals surface area (Å²) in [6.45, 7) is 26.9. The van der Waals surface area contributed by atoms with Gasteiger partial charge in [-0.05, 0) is 0 Å². The van der Waals surface area contributed by atoms with Gasteiger partial charge < -0.3 is 0 Å². The molecule has 0 saturated carbocycles. The molecule has 33 heavy (non-hydrogen) atoms. The Hall–Kier alpha value is 0.554. The molecule has 4 nitrogen and oxygen atoms in total. The number of hydrogen-bond acceptors (Lipinski definition) is 4. The van der Waals surface area contributed by atoms with Crippen LogP contribution in [-0.4, -0.2) is 24.4 Å². The van der Waals surface area contributed by atoms with Gasteiger partial charge in [0.1, 0.15) is 0 Å². The Balaban J connectivity index is 6.52. The Morgan fingerprint density at radius 2 is 0.576 bits per heavy atom. The molecule has 0 rings (SSSR count). The first-order valence-corrected chi connectivity index (χ1v) is 16.7. The normalized spacial score (nSPS) is 18.2. The summed E-state index contributed by atoms with van der Waals surface area (Å²) in [6.07, 6.45) is 8.68. The van der Waals surface area contributed by atoms with Crippen LogP contribution in [0.25, 0.3) is 0 Å². The van der Waals surface area contributed by atoms with Crippen LogP contribution in [0.15, 0.2) is 0 Å². The van der Waals surface area contributed by atoms with Crippen LogP contribution >= 0.6 is 0 Å². The predicted molar refractivity (Wildman–Crippen MR) is 138 cm³/mol. The first-order valence-electron chi connectivity index (χ1n) is 14.2. The average molecular weight is 509 g/mol. The quantitative estimate of drug-likeness (QED) is 0.154. The molecule has 0 aliphatic rings. The summed E-state index contributed by atoms with van der Waals surface area (Å²) in [6, 6.07) is 0. The zero-order valence-electron chi connectivity index (χ0n) is 24.4. The Morgan fingerprint density at radius 1 is 0.394 bits per heavy atom. The van der Waals surface area contributed by atoms with Gasteiger partial charge in [0.25, 0.3) is 0 Å². The molecule has 0 heterocycles. The molecule has 0 aromatic carbocycles. The van der Waals surface area contributed by atoms with Gasteiger partial charge in [-0.3, -0.25) is 0 Å². The summed E-state index contributed by atoms with van der Waals surface area (Å²) in [7, 11) is 0. The second-order valence-corrected chi connectivity index (χ2v) is 14.3. The van der Waals surface area contributed by atoms with Gasteiger partial charge in [0.2, 0.25) is 0 Å². The second-order valence-electron chi connectivity index (χ2n) is 11.3. The number of rotatable bonds is 20. The molecule has 0 aliphatic carbocycles. The summed E-state index contributed by atoms with van der Waals surface area (Å²) < 4.78 is 28.2. The topological polar surface area (TPSA) is 36.9 Å². The third-order valence-corrected chi connectivity index (χ3v) is 10.1. The van der Waals surface area contributed by atoms with E-state index in [1.165, 1.54) is 0 Å². The maximum absolute atomic E-state index is 7.04. The van der Waals surface area contributed by atoms with Gasteiger partial charge in [-0.15, -0.1) is 0 Å². The zero-order valence-corrected chi connectivity index (χ0v) is 26.0. The van der Waals surface area contributed by atoms with Crippen molar-refractivity contribution in [3.05, 3.63) is 0 Å². The Kier molecular flexibility index (Phi) is 18.2. The molecule has 5 heteroatoms. The van der Waals surface area contributed by atoms with Crippen molar-refractivity contribution >= 4 is 0 Å². The van der Waals surface area contributed by atoms with Crippen molar-refractivity contribution < 1.29 is 31.4 Å². The monoisotopic (exact) mass is 508 g/mol. The van der Waals surface area contributed by atoms with Crippen LogP contribution in [0.1, 0.15) is 134 Å². The van der Waals surface area contributed by atoms with Crippen molar-refractivity contribution in [2.24, 2.45) is 23.7 Å². The number of hydrogen-bond donors (Lipinski definition) is 0. The molecule has 0 bridgehead atoms. The minimum atomic E-state index is -4.14. The molecule has 0 radical (unpaired) electrons. The molecule has 200 valence electrons. The van der Waals surface area contributed by atoms with E-state index in [-0.39, 0.29) is 24.4 Å². The van der Waals surface area contributed by atoms with Crippen molar-refractivity contribution in [1.82, 2.24) is 0 Å². The third-order valence-electron chi connectivity index (χ3n) is 6.45. The Bertz CT molecular complexity index is 381. The standard InChI is InChI=1S/4C7H15O.Ti/c4*1-4-5-7(8)6(2)3;/h4*6-7H,4-5H2,1-3H3;/q4*-1;+4. The molecule has 0 aromatic rings. The summed E-state index contributed by atoms with van der Waals surface area (Å²) in [5.74, 6) is 1.56. The minimum absolute atomic E-state index is 0.0910. The van der Waals surface area contributed by atoms with Crippen molar-refractivity contribution in [2.45, 2.75) is 159 Å². The van der Waals surface area contributed by atoms with Crippen molar-refractivity contribution in [1.29, 1.82) is 0 Å². The molecule has 0 spiro atoms. The molecule has 0 fully saturated rings. The summed E-state index contributed by atoms with van der Waals surface area (Å²) in [4.78, 5) is 0. The van der Waals surface area contributed by atoms with E-state index in [2.05, 4.69) is 83.1 Å². The van der Waals surface area contributed by atoms with E-state index in [1.54, 1.807) is 0 Å². The molecule has 0 amide bonds. The molecule has 4 atom stereocenters. The van der Waals surface area contributed by atoms with Gasteiger partial charge in [-0.1, -0.05) is 0 Å². The first-order chi connectivity index (χ1) is 15.5. The SMILES string of the molecule is CCCC([O][Ti]([O]C(CCC)C(C)C)([O]C(CCC)C(C)C)[O]C(CCC)C(C)C)C(C)C. The van der Waals surface area contributed by atoms with E-state index in [4.69, 9.17) is 13.3 Å². The molecule has 4 unspecified atom stereocenters. The van der Waals surface area contributed by atoms with E-state index < -0.39 is 18.1 Å². The van der Waals surface area contributed by atoms with Crippen LogP contribution in [0.4, 0.5) is 0 Å². The van der Waals surface area contributed by atoms with Crippen molar-refractivity contribution in [3.8, 4) is 0 Å². The summed E-state index contributed by atoms with van der Waals surface area (Å²) in [5.41, 5.74) is 0. The maximum atomic E-state index is 7.04. The van der Waals surface area contributed by atoms with Crippen molar-refractivity contribution in [2.75, 3.05) is 0 Å². The Labute approximate surface area is 213 Å². The van der Waals surface area contributed by atoms with E-state index in [1.807, 2.05) is 0 Å². The Morgan fingerprint density at radius 3 is 0.697 bits per heavy atom. The summed E-state index contributed by atoms with van der Waals surface area (Å²) >= 11 is -4.14. The average Bonchev–Trinajstić information content (AvgIpc) is 2.72. The van der Waals surface area contributed by atoms with Crippen LogP contribution in [0.5, 0.6) is 0 Å². The van der Waals surface area contributed by atoms with E-state index in [9.17, 15) is 0 Å². The fourth-order valence-electron chi connectivity index (χ4n) is 4.16. The van der Waals surface area contributed by atoms with E-state index in [0.717, 1.165) is 51.4 Å². The van der Waals surface area contributed by atoms with Crippen LogP contribution < -0.4 is 0 Å². The molecule has 0 N–H and O–H groups in total. The van der Waals surface area contributed by atoms with Gasteiger partial charge in [-0.2, -0.15) is 0 Å². The molecule has 0 saturated heterocycles. The summed E-state index contributed by atoms with van der Waals surface area (Å²) in [5, 5.41) is 0. The first kappa shape index (κ1) is 33.6. The van der Waals surface area contributed by atoms with Gasteiger partial charge in [0.05, 0.1) is 0 Å². The molecular formula is C28H60O4Ti. The fourth-order valence-corrected chi connectivity index (χ4v) is 9.43. The van der Waals surface area contributed by atoms with Crippen LogP contribution in [0.3, 0.4) is 0 Å². The van der Waals surface area contributed by atoms with Crippen LogP contribution in [-0.2, 0) is 31.4 Å². The van der Waals surface area contributed by atoms with Gasteiger partial charge in [0, 0.05) is 0 Å². The fraction of sp³-hybridized carbons (Fsp3) is 1.00. The van der Waals surface area contributed by atoms with Crippen LogP contribution in [0.2, 0.25) is 0 Å². The third kappa shape index (κ3) is 12.9.